The van der Waals surface area contributed by atoms with Crippen LogP contribution >= 0.6 is 0 Å². The van der Waals surface area contributed by atoms with E-state index in [4.69, 9.17) is 5.11 Å². The van der Waals surface area contributed by atoms with Crippen molar-refractivity contribution in [2.45, 2.75) is 97.2 Å². The largest absolute Gasteiger partial charge is 0.481 e. The first-order chi connectivity index (χ1) is 13.2. The second kappa shape index (κ2) is 7.27. The molecular formula is C24H40O4. The van der Waals surface area contributed by atoms with Crippen LogP contribution in [0.3, 0.4) is 0 Å². The van der Waals surface area contributed by atoms with Crippen molar-refractivity contribution in [1.29, 1.82) is 0 Å². The van der Waals surface area contributed by atoms with Gasteiger partial charge in [-0.2, -0.15) is 0 Å². The molecule has 0 spiro atoms. The molecule has 4 aliphatic carbocycles. The van der Waals surface area contributed by atoms with E-state index in [1.54, 1.807) is 0 Å². The van der Waals surface area contributed by atoms with Crippen LogP contribution < -0.4 is 0 Å². The van der Waals surface area contributed by atoms with Crippen molar-refractivity contribution < 1.29 is 20.1 Å². The minimum Gasteiger partial charge on any atom is -0.481 e. The standard InChI is InChI=1S/C24H40O4/c1-14(4-7-21(27)28)17-5-6-18-22-19(9-11-24(17,18)3)23(2)10-8-16(25)12-15(23)13-20(22)26/h14-20,22,25-26H,4-13H2,1-3H3,(H,27,28)/t14-,15?,16-,17-,18+,19+,20?,22?,23?,24?/m1/s1. The van der Waals surface area contributed by atoms with Crippen LogP contribution in [0, 0.1) is 46.3 Å². The maximum Gasteiger partial charge on any atom is 0.303 e. The molecule has 4 heteroatoms. The highest BCUT2D eigenvalue weighted by atomic mass is 16.4. The van der Waals surface area contributed by atoms with Crippen LogP contribution in [0.1, 0.15) is 85.0 Å². The first-order valence-electron chi connectivity index (χ1n) is 11.7. The summed E-state index contributed by atoms with van der Waals surface area (Å²) < 4.78 is 0. The Morgan fingerprint density at radius 2 is 1.68 bits per heavy atom. The Balaban J connectivity index is 1.55. The molecule has 5 unspecified atom stereocenters. The lowest BCUT2D eigenvalue weighted by molar-refractivity contribution is -0.174. The van der Waals surface area contributed by atoms with Crippen LogP contribution in [0.5, 0.6) is 0 Å². The summed E-state index contributed by atoms with van der Waals surface area (Å²) in [5, 5.41) is 30.5. The molecule has 0 heterocycles. The van der Waals surface area contributed by atoms with Gasteiger partial charge in [0.2, 0.25) is 0 Å². The van der Waals surface area contributed by atoms with Crippen molar-refractivity contribution in [3.63, 3.8) is 0 Å². The van der Waals surface area contributed by atoms with Crippen molar-refractivity contribution in [1.82, 2.24) is 0 Å². The third-order valence-corrected chi connectivity index (χ3v) is 10.2. The SMILES string of the molecule is C[C@H](CCC(=O)O)[C@H]1CC[C@H]2C3C(O)CC4C[C@H](O)CCC4(C)[C@H]3CCC12C. The van der Waals surface area contributed by atoms with Gasteiger partial charge in [-0.05, 0) is 104 Å². The van der Waals surface area contributed by atoms with Gasteiger partial charge in [-0.15, -0.1) is 0 Å². The lowest BCUT2D eigenvalue weighted by atomic mass is 9.43. The number of aliphatic carboxylic acids is 1. The van der Waals surface area contributed by atoms with E-state index in [2.05, 4.69) is 20.8 Å². The number of aliphatic hydroxyl groups is 2. The average molecular weight is 393 g/mol. The van der Waals surface area contributed by atoms with Crippen molar-refractivity contribution >= 4 is 5.97 Å². The number of fused-ring (bicyclic) bond motifs is 5. The van der Waals surface area contributed by atoms with Crippen molar-refractivity contribution in [3.05, 3.63) is 0 Å². The molecule has 4 aliphatic rings. The molecule has 10 atom stereocenters. The van der Waals surface area contributed by atoms with Crippen molar-refractivity contribution in [2.75, 3.05) is 0 Å². The second-order valence-electron chi connectivity index (χ2n) is 11.4. The molecule has 0 saturated heterocycles. The number of hydrogen-bond acceptors (Lipinski definition) is 3. The molecule has 4 nitrogen and oxygen atoms in total. The predicted octanol–water partition coefficient (Wildman–Crippen LogP) is 4.48. The summed E-state index contributed by atoms with van der Waals surface area (Å²) >= 11 is 0. The third kappa shape index (κ3) is 3.14. The van der Waals surface area contributed by atoms with E-state index in [0.29, 0.717) is 35.5 Å². The maximum absolute atomic E-state index is 11.2. The lowest BCUT2D eigenvalue weighted by Crippen LogP contribution is -2.58. The fraction of sp³-hybridized carbons (Fsp3) is 0.958. The summed E-state index contributed by atoms with van der Waals surface area (Å²) in [7, 11) is 0. The molecule has 0 aromatic carbocycles. The molecule has 0 radical (unpaired) electrons. The van der Waals surface area contributed by atoms with E-state index in [9.17, 15) is 15.0 Å². The molecule has 4 rings (SSSR count). The maximum atomic E-state index is 11.2. The van der Waals surface area contributed by atoms with Gasteiger partial charge < -0.3 is 15.3 Å². The van der Waals surface area contributed by atoms with Gasteiger partial charge in [0, 0.05) is 6.42 Å². The minimum absolute atomic E-state index is 0.179. The molecule has 0 aromatic heterocycles. The number of carboxylic acids is 1. The first kappa shape index (κ1) is 20.7. The Morgan fingerprint density at radius 3 is 2.39 bits per heavy atom. The van der Waals surface area contributed by atoms with Crippen LogP contribution in [0.2, 0.25) is 0 Å². The normalized spacial score (nSPS) is 51.7. The topological polar surface area (TPSA) is 77.8 Å². The van der Waals surface area contributed by atoms with Crippen LogP contribution in [0.15, 0.2) is 0 Å². The number of rotatable bonds is 4. The van der Waals surface area contributed by atoms with Gasteiger partial charge in [-0.1, -0.05) is 20.8 Å². The molecule has 0 aliphatic heterocycles. The highest BCUT2D eigenvalue weighted by Crippen LogP contribution is 2.68. The molecular weight excluding hydrogens is 352 g/mol. The summed E-state index contributed by atoms with van der Waals surface area (Å²) in [6.07, 6.45) is 9.19. The van der Waals surface area contributed by atoms with Gasteiger partial charge >= 0.3 is 5.97 Å². The molecule has 0 aromatic rings. The van der Waals surface area contributed by atoms with Gasteiger partial charge in [0.05, 0.1) is 12.2 Å². The second-order valence-corrected chi connectivity index (χ2v) is 11.4. The first-order valence-corrected chi connectivity index (χ1v) is 11.7. The summed E-state index contributed by atoms with van der Waals surface area (Å²) in [4.78, 5) is 11.1. The summed E-state index contributed by atoms with van der Waals surface area (Å²) in [5.41, 5.74) is 0.523. The summed E-state index contributed by atoms with van der Waals surface area (Å²) in [6.45, 7) is 7.16. The summed E-state index contributed by atoms with van der Waals surface area (Å²) in [5.74, 6) is 2.36. The van der Waals surface area contributed by atoms with Crippen LogP contribution in [0.25, 0.3) is 0 Å². The van der Waals surface area contributed by atoms with Crippen LogP contribution in [-0.2, 0) is 4.79 Å². The Hall–Kier alpha value is -0.610. The monoisotopic (exact) mass is 392 g/mol. The van der Waals surface area contributed by atoms with Gasteiger partial charge in [0.15, 0.2) is 0 Å². The molecule has 160 valence electrons. The zero-order valence-corrected chi connectivity index (χ0v) is 17.9. The highest BCUT2D eigenvalue weighted by Gasteiger charge is 2.62. The van der Waals surface area contributed by atoms with E-state index in [0.717, 1.165) is 32.1 Å². The Bertz CT molecular complexity index is 605. The number of carboxylic acid groups (broad SMARTS) is 1. The lowest BCUT2D eigenvalue weighted by Gasteiger charge is -2.62. The Kier molecular flexibility index (Phi) is 5.36. The summed E-state index contributed by atoms with van der Waals surface area (Å²) in [6, 6.07) is 0. The average Bonchev–Trinajstić information content (AvgIpc) is 2.98. The van der Waals surface area contributed by atoms with E-state index >= 15 is 0 Å². The Labute approximate surface area is 170 Å². The van der Waals surface area contributed by atoms with Gasteiger partial charge in [-0.3, -0.25) is 4.79 Å². The minimum atomic E-state index is -0.684. The van der Waals surface area contributed by atoms with E-state index in [1.807, 2.05) is 0 Å². The predicted molar refractivity (Wildman–Crippen MR) is 109 cm³/mol. The van der Waals surface area contributed by atoms with Crippen LogP contribution in [0.4, 0.5) is 0 Å². The third-order valence-electron chi connectivity index (χ3n) is 10.2. The number of hydrogen-bond donors (Lipinski definition) is 3. The van der Waals surface area contributed by atoms with Gasteiger partial charge in [0.1, 0.15) is 0 Å². The van der Waals surface area contributed by atoms with E-state index in [1.165, 1.54) is 25.7 Å². The van der Waals surface area contributed by atoms with Crippen LogP contribution in [-0.4, -0.2) is 33.5 Å². The number of aliphatic hydroxyl groups excluding tert-OH is 2. The zero-order valence-electron chi connectivity index (χ0n) is 17.9. The van der Waals surface area contributed by atoms with Crippen molar-refractivity contribution in [2.24, 2.45) is 46.3 Å². The molecule has 4 fully saturated rings. The van der Waals surface area contributed by atoms with Crippen molar-refractivity contribution in [3.8, 4) is 0 Å². The van der Waals surface area contributed by atoms with E-state index in [-0.39, 0.29) is 29.5 Å². The molecule has 0 bridgehead atoms. The van der Waals surface area contributed by atoms with Gasteiger partial charge in [0.25, 0.3) is 0 Å². The molecule has 28 heavy (non-hydrogen) atoms. The quantitative estimate of drug-likeness (QED) is 0.659. The fourth-order valence-corrected chi connectivity index (χ4v) is 8.73. The molecule has 4 saturated carbocycles. The molecule has 3 N–H and O–H groups in total. The zero-order chi connectivity index (χ0) is 20.3. The highest BCUT2D eigenvalue weighted by molar-refractivity contribution is 5.66. The van der Waals surface area contributed by atoms with E-state index < -0.39 is 5.97 Å². The number of carbonyl (C=O) groups is 1. The molecule has 0 amide bonds. The fourth-order valence-electron chi connectivity index (χ4n) is 8.73. The van der Waals surface area contributed by atoms with Gasteiger partial charge in [-0.25, -0.2) is 0 Å². The smallest absolute Gasteiger partial charge is 0.303 e. The Morgan fingerprint density at radius 1 is 1.00 bits per heavy atom.